The summed E-state index contributed by atoms with van der Waals surface area (Å²) in [6.07, 6.45) is 0. The largest absolute Gasteiger partial charge is 3.00 e. The second kappa shape index (κ2) is 37.1. The van der Waals surface area contributed by atoms with Crippen LogP contribution >= 0.6 is 0 Å². The normalized spacial score (nSPS) is 0. The SMILES string of the molecule is [Al+3].[Cu+2].[O-2].[O-2]. The molecule has 0 aliphatic rings. The Labute approximate surface area is 45.8 Å². The third-order valence-electron chi connectivity index (χ3n) is 0. The Morgan fingerprint density at radius 2 is 0.750 bits per heavy atom. The molecule has 0 bridgehead atoms. The second-order valence-electron chi connectivity index (χ2n) is 0. The molecule has 0 saturated carbocycles. The molecule has 0 aliphatic heterocycles. The molecule has 0 atom stereocenters. The minimum absolute atomic E-state index is 0. The van der Waals surface area contributed by atoms with E-state index in [4.69, 9.17) is 0 Å². The van der Waals surface area contributed by atoms with Crippen molar-refractivity contribution in [2.75, 3.05) is 0 Å². The van der Waals surface area contributed by atoms with E-state index in [-0.39, 0.29) is 45.4 Å². The Kier molecular flexibility index (Phi) is 771. The summed E-state index contributed by atoms with van der Waals surface area (Å²) < 4.78 is 0. The summed E-state index contributed by atoms with van der Waals surface area (Å²) in [4.78, 5) is 0. The molecular formula is AlCuO2+. The van der Waals surface area contributed by atoms with Gasteiger partial charge in [0.25, 0.3) is 0 Å². The predicted molar refractivity (Wildman–Crippen MR) is 7.13 cm³/mol. The van der Waals surface area contributed by atoms with Gasteiger partial charge in [-0.2, -0.15) is 0 Å². The average Bonchev–Trinajstić information content (AvgIpc) is 0. The van der Waals surface area contributed by atoms with Crippen LogP contribution in [-0.2, 0) is 28.0 Å². The average molecular weight is 123 g/mol. The molecule has 0 spiro atoms. The molecule has 0 unspecified atom stereocenters. The zero-order valence-corrected chi connectivity index (χ0v) is 3.79. The Morgan fingerprint density at radius 3 is 0.750 bits per heavy atom. The van der Waals surface area contributed by atoms with Gasteiger partial charge in [0, 0.05) is 0 Å². The van der Waals surface area contributed by atoms with Crippen molar-refractivity contribution in [2.24, 2.45) is 0 Å². The summed E-state index contributed by atoms with van der Waals surface area (Å²) >= 11 is 0. The van der Waals surface area contributed by atoms with Gasteiger partial charge < -0.3 is 11.0 Å². The quantitative estimate of drug-likeness (QED) is 0.385. The first-order chi connectivity index (χ1) is 0. The Balaban J connectivity index is 0. The van der Waals surface area contributed by atoms with Crippen molar-refractivity contribution in [1.82, 2.24) is 0 Å². The van der Waals surface area contributed by atoms with Gasteiger partial charge in [0.1, 0.15) is 0 Å². The molecular weight excluding hydrogens is 123 g/mol. The smallest absolute Gasteiger partial charge is 2.00 e. The molecule has 1 radical (unpaired) electrons. The van der Waals surface area contributed by atoms with Crippen molar-refractivity contribution >= 4 is 17.4 Å². The molecule has 0 rings (SSSR count). The first-order valence-electron chi connectivity index (χ1n) is 0. The molecule has 0 N–H and O–H groups in total. The molecule has 2 nitrogen and oxygen atoms in total. The van der Waals surface area contributed by atoms with Crippen molar-refractivity contribution < 1.29 is 28.0 Å². The van der Waals surface area contributed by atoms with E-state index < -0.39 is 0 Å². The fourth-order valence-corrected chi connectivity index (χ4v) is 0. The van der Waals surface area contributed by atoms with E-state index in [1.807, 2.05) is 0 Å². The van der Waals surface area contributed by atoms with Crippen LogP contribution in [0.25, 0.3) is 0 Å². The molecule has 0 aromatic rings. The van der Waals surface area contributed by atoms with Gasteiger partial charge in [-0.05, 0) is 0 Å². The van der Waals surface area contributed by atoms with Crippen LogP contribution in [0.2, 0.25) is 0 Å². The molecule has 0 amide bonds. The van der Waals surface area contributed by atoms with Crippen molar-refractivity contribution in [3.05, 3.63) is 0 Å². The fraction of sp³-hybridized carbons (Fsp3) is 0. The van der Waals surface area contributed by atoms with Gasteiger partial charge in [0.05, 0.1) is 0 Å². The maximum Gasteiger partial charge on any atom is 3.00 e. The minimum atomic E-state index is 0. The third kappa shape index (κ3) is 12.2. The summed E-state index contributed by atoms with van der Waals surface area (Å²) in [6.45, 7) is 0. The van der Waals surface area contributed by atoms with Crippen molar-refractivity contribution in [2.45, 2.75) is 0 Å². The van der Waals surface area contributed by atoms with Crippen LogP contribution in [0.4, 0.5) is 0 Å². The van der Waals surface area contributed by atoms with Crippen LogP contribution < -0.4 is 0 Å². The van der Waals surface area contributed by atoms with Crippen LogP contribution in [0.1, 0.15) is 0 Å². The topological polar surface area (TPSA) is 57.0 Å². The van der Waals surface area contributed by atoms with E-state index in [0.717, 1.165) is 0 Å². The van der Waals surface area contributed by atoms with Gasteiger partial charge in [-0.15, -0.1) is 0 Å². The first kappa shape index (κ1) is 83.0. The number of rotatable bonds is 0. The van der Waals surface area contributed by atoms with Crippen LogP contribution in [0, 0.1) is 0 Å². The standard InChI is InChI=1S/Al.Cu.2O/q+3;+2;2*-2. The van der Waals surface area contributed by atoms with Gasteiger partial charge in [-0.3, -0.25) is 0 Å². The summed E-state index contributed by atoms with van der Waals surface area (Å²) in [5, 5.41) is 0. The molecule has 0 heterocycles. The van der Waals surface area contributed by atoms with Crippen molar-refractivity contribution in [3.8, 4) is 0 Å². The fourth-order valence-electron chi connectivity index (χ4n) is 0. The third-order valence-corrected chi connectivity index (χ3v) is 0. The molecule has 4 heteroatoms. The number of hydrogen-bond donors (Lipinski definition) is 0. The van der Waals surface area contributed by atoms with Crippen molar-refractivity contribution in [1.29, 1.82) is 0 Å². The molecule has 0 fully saturated rings. The van der Waals surface area contributed by atoms with Crippen molar-refractivity contribution in [3.63, 3.8) is 0 Å². The maximum absolute atomic E-state index is 0. The van der Waals surface area contributed by atoms with Gasteiger partial charge in [0.15, 0.2) is 0 Å². The number of hydrogen-bond acceptors (Lipinski definition) is 0. The van der Waals surface area contributed by atoms with E-state index in [1.54, 1.807) is 0 Å². The van der Waals surface area contributed by atoms with Gasteiger partial charge in [0.2, 0.25) is 0 Å². The molecule has 0 aromatic carbocycles. The zero-order chi connectivity index (χ0) is 0. The monoisotopic (exact) mass is 122 g/mol. The van der Waals surface area contributed by atoms with Gasteiger partial charge in [-0.1, -0.05) is 0 Å². The second-order valence-corrected chi connectivity index (χ2v) is 0. The Hall–Kier alpha value is 0.972. The molecule has 25 valence electrons. The zero-order valence-electron chi connectivity index (χ0n) is 1.70. The van der Waals surface area contributed by atoms with E-state index in [9.17, 15) is 0 Å². The van der Waals surface area contributed by atoms with E-state index in [1.165, 1.54) is 0 Å². The summed E-state index contributed by atoms with van der Waals surface area (Å²) in [5.74, 6) is 0. The van der Waals surface area contributed by atoms with E-state index in [0.29, 0.717) is 0 Å². The van der Waals surface area contributed by atoms with Crippen LogP contribution in [0.5, 0.6) is 0 Å². The molecule has 0 saturated heterocycles. The van der Waals surface area contributed by atoms with E-state index >= 15 is 0 Å². The maximum atomic E-state index is 0. The summed E-state index contributed by atoms with van der Waals surface area (Å²) in [6, 6.07) is 0. The van der Waals surface area contributed by atoms with Crippen LogP contribution in [0.3, 0.4) is 0 Å². The summed E-state index contributed by atoms with van der Waals surface area (Å²) in [7, 11) is 0. The first-order valence-corrected chi connectivity index (χ1v) is 0. The predicted octanol–water partition coefficient (Wildman–Crippen LogP) is -0.621. The Bertz CT molecular complexity index is 6.00. The van der Waals surface area contributed by atoms with Crippen LogP contribution in [-0.4, -0.2) is 17.4 Å². The van der Waals surface area contributed by atoms with Gasteiger partial charge >= 0.3 is 34.4 Å². The van der Waals surface area contributed by atoms with Gasteiger partial charge in [-0.25, -0.2) is 0 Å². The molecule has 0 aliphatic carbocycles. The van der Waals surface area contributed by atoms with Crippen LogP contribution in [0.15, 0.2) is 0 Å². The summed E-state index contributed by atoms with van der Waals surface area (Å²) in [5.41, 5.74) is 0. The Morgan fingerprint density at radius 1 is 0.750 bits per heavy atom. The van der Waals surface area contributed by atoms with E-state index in [2.05, 4.69) is 0 Å². The minimum Gasteiger partial charge on any atom is -2.00 e. The molecule has 0 aromatic heterocycles. The molecule has 4 heavy (non-hydrogen) atoms.